The molecule has 2 aliphatic heterocycles. The van der Waals surface area contributed by atoms with E-state index in [0.29, 0.717) is 0 Å². The van der Waals surface area contributed by atoms with Gasteiger partial charge in [-0.05, 0) is 30.2 Å². The summed E-state index contributed by atoms with van der Waals surface area (Å²) < 4.78 is 0. The van der Waals surface area contributed by atoms with Gasteiger partial charge in [-0.2, -0.15) is 0 Å². The molecule has 0 spiro atoms. The van der Waals surface area contributed by atoms with E-state index < -0.39 is 0 Å². The first kappa shape index (κ1) is 6.26. The monoisotopic (exact) mass is 158 g/mol. The van der Waals surface area contributed by atoms with E-state index in [2.05, 4.69) is 40.8 Å². The second-order valence-corrected chi connectivity index (χ2v) is 3.18. The van der Waals surface area contributed by atoms with Crippen LogP contribution in [0.4, 0.5) is 0 Å². The van der Waals surface area contributed by atoms with Crippen molar-refractivity contribution in [3.63, 3.8) is 0 Å². The lowest BCUT2D eigenvalue weighted by Crippen LogP contribution is -2.31. The molecule has 0 saturated carbocycles. The molecule has 0 unspecified atom stereocenters. The van der Waals surface area contributed by atoms with Gasteiger partial charge in [0.2, 0.25) is 0 Å². The quantitative estimate of drug-likeness (QED) is 0.574. The predicted octanol–water partition coefficient (Wildman–Crippen LogP) is 1.47. The number of hydrogen-bond acceptors (Lipinski definition) is 2. The molecule has 0 fully saturated rings. The minimum Gasteiger partial charge on any atom is -0.277 e. The smallest absolute Gasteiger partial charge is 0.0609 e. The fraction of sp³-hybridized carbons (Fsp3) is 0.200. The van der Waals surface area contributed by atoms with Gasteiger partial charge < -0.3 is 0 Å². The second kappa shape index (κ2) is 2.11. The van der Waals surface area contributed by atoms with Crippen molar-refractivity contribution < 1.29 is 0 Å². The predicted molar refractivity (Wildman–Crippen MR) is 47.8 cm³/mol. The van der Waals surface area contributed by atoms with Crippen molar-refractivity contribution in [2.24, 2.45) is 0 Å². The molecule has 1 aliphatic carbocycles. The summed E-state index contributed by atoms with van der Waals surface area (Å²) in [6.45, 7) is 0.949. The maximum atomic E-state index is 3.31. The van der Waals surface area contributed by atoms with Crippen molar-refractivity contribution in [1.82, 2.24) is 10.4 Å². The second-order valence-electron chi connectivity index (χ2n) is 3.18. The molecule has 3 rings (SSSR count). The Labute approximate surface area is 71.5 Å². The Morgan fingerprint density at radius 2 is 2.25 bits per heavy atom. The zero-order chi connectivity index (χ0) is 7.97. The van der Waals surface area contributed by atoms with E-state index in [1.807, 2.05) is 0 Å². The van der Waals surface area contributed by atoms with Gasteiger partial charge in [0.25, 0.3) is 0 Å². The number of rotatable bonds is 0. The first-order chi connectivity index (χ1) is 5.95. The van der Waals surface area contributed by atoms with E-state index in [4.69, 9.17) is 0 Å². The van der Waals surface area contributed by atoms with Crippen LogP contribution in [0.25, 0.3) is 0 Å². The van der Waals surface area contributed by atoms with Crippen LogP contribution in [0.3, 0.4) is 0 Å². The molecule has 1 N–H and O–H groups in total. The molecule has 60 valence electrons. The number of nitrogens with one attached hydrogen (secondary N) is 1. The Morgan fingerprint density at radius 3 is 3.25 bits per heavy atom. The molecular weight excluding hydrogens is 148 g/mol. The van der Waals surface area contributed by atoms with Crippen LogP contribution >= 0.6 is 0 Å². The summed E-state index contributed by atoms with van der Waals surface area (Å²) in [5, 5.41) is 2.17. The number of hydrogen-bond donors (Lipinski definition) is 1. The summed E-state index contributed by atoms with van der Waals surface area (Å²) in [5.74, 6) is 0. The van der Waals surface area contributed by atoms with E-state index in [0.717, 1.165) is 13.0 Å². The van der Waals surface area contributed by atoms with Gasteiger partial charge in [0.05, 0.1) is 11.4 Å². The third-order valence-electron chi connectivity index (χ3n) is 2.46. The van der Waals surface area contributed by atoms with Crippen LogP contribution < -0.4 is 5.43 Å². The summed E-state index contributed by atoms with van der Waals surface area (Å²) in [6.07, 6.45) is 12.1. The van der Waals surface area contributed by atoms with Crippen LogP contribution in [0, 0.1) is 0 Å². The highest BCUT2D eigenvalue weighted by Gasteiger charge is 2.22. The van der Waals surface area contributed by atoms with Gasteiger partial charge in [0.1, 0.15) is 0 Å². The molecule has 2 heterocycles. The van der Waals surface area contributed by atoms with Gasteiger partial charge in [-0.1, -0.05) is 12.2 Å². The lowest BCUT2D eigenvalue weighted by molar-refractivity contribution is 0.370. The molecule has 0 radical (unpaired) electrons. The maximum Gasteiger partial charge on any atom is 0.0609 e. The minimum atomic E-state index is 0.949. The molecule has 2 nitrogen and oxygen atoms in total. The molecule has 0 aromatic carbocycles. The third kappa shape index (κ3) is 0.676. The molecule has 2 heteroatoms. The van der Waals surface area contributed by atoms with Gasteiger partial charge >= 0.3 is 0 Å². The summed E-state index contributed by atoms with van der Waals surface area (Å²) in [7, 11) is 0. The van der Waals surface area contributed by atoms with Gasteiger partial charge in [-0.3, -0.25) is 5.01 Å². The highest BCUT2D eigenvalue weighted by Crippen LogP contribution is 2.31. The first-order valence-corrected chi connectivity index (χ1v) is 4.27. The average molecular weight is 158 g/mol. The molecule has 3 aliphatic rings. The fourth-order valence-corrected chi connectivity index (χ4v) is 1.86. The minimum absolute atomic E-state index is 0.949. The summed E-state index contributed by atoms with van der Waals surface area (Å²) >= 11 is 0. The Kier molecular flexibility index (Phi) is 1.10. The molecule has 0 atom stereocenters. The maximum absolute atomic E-state index is 3.31. The summed E-state index contributed by atoms with van der Waals surface area (Å²) in [5.41, 5.74) is 7.33. The Balaban J connectivity index is 2.11. The largest absolute Gasteiger partial charge is 0.277 e. The van der Waals surface area contributed by atoms with Crippen molar-refractivity contribution in [3.8, 4) is 0 Å². The van der Waals surface area contributed by atoms with Crippen molar-refractivity contribution in [2.75, 3.05) is 6.54 Å². The van der Waals surface area contributed by atoms with Crippen LogP contribution in [0.1, 0.15) is 6.42 Å². The Bertz CT molecular complexity index is 345. The Hall–Kier alpha value is -1.28. The van der Waals surface area contributed by atoms with Gasteiger partial charge in [0.15, 0.2) is 0 Å². The molecular formula is C10H10N2. The highest BCUT2D eigenvalue weighted by atomic mass is 15.5. The standard InChI is InChI=1S/C10H10N2/c1-2-8-4-5-9-6-7-11-12(9)10(8)3-1/h1,3-6,11H,2,7H2. The van der Waals surface area contributed by atoms with Crippen molar-refractivity contribution in [3.05, 3.63) is 47.3 Å². The van der Waals surface area contributed by atoms with Crippen LogP contribution in [0.5, 0.6) is 0 Å². The fourth-order valence-electron chi connectivity index (χ4n) is 1.86. The lowest BCUT2D eigenvalue weighted by Gasteiger charge is -2.25. The van der Waals surface area contributed by atoms with Crippen LogP contribution in [0.2, 0.25) is 0 Å². The van der Waals surface area contributed by atoms with E-state index in [1.54, 1.807) is 0 Å². The summed E-state index contributed by atoms with van der Waals surface area (Å²) in [6, 6.07) is 0. The molecule has 0 amide bonds. The zero-order valence-electron chi connectivity index (χ0n) is 6.75. The normalized spacial score (nSPS) is 24.7. The molecule has 12 heavy (non-hydrogen) atoms. The van der Waals surface area contributed by atoms with Crippen LogP contribution in [-0.4, -0.2) is 11.6 Å². The van der Waals surface area contributed by atoms with Gasteiger partial charge in [-0.15, -0.1) is 0 Å². The molecule has 0 aromatic rings. The number of allylic oxidation sites excluding steroid dienone is 5. The zero-order valence-corrected chi connectivity index (χ0v) is 6.75. The Morgan fingerprint density at radius 1 is 1.25 bits per heavy atom. The topological polar surface area (TPSA) is 15.3 Å². The van der Waals surface area contributed by atoms with Gasteiger partial charge in [-0.25, -0.2) is 5.43 Å². The third-order valence-corrected chi connectivity index (χ3v) is 2.46. The number of nitrogens with zero attached hydrogens (tertiary/aromatic N) is 1. The average Bonchev–Trinajstić information content (AvgIpc) is 2.71. The number of hydrazine groups is 1. The number of fused-ring (bicyclic) bond motifs is 2. The molecule has 0 bridgehead atoms. The summed E-state index contributed by atoms with van der Waals surface area (Å²) in [4.78, 5) is 0. The van der Waals surface area contributed by atoms with Crippen molar-refractivity contribution >= 4 is 0 Å². The SMILES string of the molecule is C1=CC2=C(C=CC3=CCNN32)C1. The first-order valence-electron chi connectivity index (χ1n) is 4.27. The molecule has 0 aromatic heterocycles. The van der Waals surface area contributed by atoms with E-state index in [9.17, 15) is 0 Å². The van der Waals surface area contributed by atoms with Crippen molar-refractivity contribution in [2.45, 2.75) is 6.42 Å². The van der Waals surface area contributed by atoms with Crippen LogP contribution in [-0.2, 0) is 0 Å². The molecule has 0 saturated heterocycles. The van der Waals surface area contributed by atoms with E-state index >= 15 is 0 Å². The van der Waals surface area contributed by atoms with Gasteiger partial charge in [0, 0.05) is 6.54 Å². The van der Waals surface area contributed by atoms with E-state index in [-0.39, 0.29) is 0 Å². The van der Waals surface area contributed by atoms with Crippen molar-refractivity contribution in [1.29, 1.82) is 0 Å². The van der Waals surface area contributed by atoms with E-state index in [1.165, 1.54) is 17.0 Å². The van der Waals surface area contributed by atoms with Crippen LogP contribution in [0.15, 0.2) is 47.3 Å². The highest BCUT2D eigenvalue weighted by molar-refractivity contribution is 5.48. The lowest BCUT2D eigenvalue weighted by atomic mass is 10.1.